The van der Waals surface area contributed by atoms with Crippen LogP contribution in [0.1, 0.15) is 110 Å². The number of rotatable bonds is 20. The van der Waals surface area contributed by atoms with Gasteiger partial charge >= 0.3 is 5.97 Å². The van der Waals surface area contributed by atoms with Gasteiger partial charge in [0.15, 0.2) is 0 Å². The fraction of sp³-hybridized carbons (Fsp3) is 0.909. The number of carboxylic acid groups (broad SMARTS) is 1. The molecule has 4 nitrogen and oxygen atoms in total. The molecule has 0 fully saturated rings. The Morgan fingerprint density at radius 1 is 0.815 bits per heavy atom. The Balaban J connectivity index is 3.40. The first-order valence-corrected chi connectivity index (χ1v) is 12.5. The normalized spacial score (nSPS) is 12.1. The molecule has 0 rings (SSSR count). The summed E-state index contributed by atoms with van der Waals surface area (Å²) in [5.41, 5.74) is 0. The van der Waals surface area contributed by atoms with Crippen LogP contribution in [0.5, 0.6) is 0 Å². The number of hydrogen-bond acceptors (Lipinski definition) is 3. The van der Waals surface area contributed by atoms with Crippen LogP contribution in [0.4, 0.5) is 0 Å². The van der Waals surface area contributed by atoms with Gasteiger partial charge in [-0.15, -0.1) is 0 Å². The molecule has 2 N–H and O–H groups in total. The van der Waals surface area contributed by atoms with E-state index in [0.29, 0.717) is 12.8 Å². The molecule has 0 spiro atoms. The number of unbranched alkanes of at least 4 members (excludes halogenated alkanes) is 13. The fourth-order valence-electron chi connectivity index (χ4n) is 3.24. The van der Waals surface area contributed by atoms with Crippen LogP contribution in [0, 0.1) is 0 Å². The third kappa shape index (κ3) is 18.4. The lowest BCUT2D eigenvalue weighted by Gasteiger charge is -2.13. The first-order chi connectivity index (χ1) is 13.1. The molecule has 0 bridgehead atoms. The molecule has 0 heterocycles. The van der Waals surface area contributed by atoms with E-state index in [1.165, 1.54) is 77.0 Å². The third-order valence-corrected chi connectivity index (χ3v) is 5.65. The summed E-state index contributed by atoms with van der Waals surface area (Å²) in [4.78, 5) is 23.0. The van der Waals surface area contributed by atoms with E-state index in [1.54, 1.807) is 11.8 Å². The highest BCUT2D eigenvalue weighted by Gasteiger charge is 2.18. The number of aliphatic carboxylic acids is 1. The molecule has 160 valence electrons. The average Bonchev–Trinajstić information content (AvgIpc) is 2.65. The zero-order chi connectivity index (χ0) is 20.2. The van der Waals surface area contributed by atoms with Gasteiger partial charge in [-0.25, -0.2) is 4.79 Å². The molecule has 1 atom stereocenters. The number of carbonyl (C=O) groups is 2. The highest BCUT2D eigenvalue weighted by molar-refractivity contribution is 7.98. The van der Waals surface area contributed by atoms with Crippen LogP contribution in [-0.2, 0) is 9.59 Å². The largest absolute Gasteiger partial charge is 0.480 e. The minimum absolute atomic E-state index is 0.123. The van der Waals surface area contributed by atoms with E-state index < -0.39 is 12.0 Å². The van der Waals surface area contributed by atoms with E-state index in [1.807, 2.05) is 6.26 Å². The minimum Gasteiger partial charge on any atom is -0.480 e. The molecule has 5 heteroatoms. The molecule has 0 saturated heterocycles. The lowest BCUT2D eigenvalue weighted by Crippen LogP contribution is -2.41. The van der Waals surface area contributed by atoms with Crippen molar-refractivity contribution in [3.63, 3.8) is 0 Å². The fourth-order valence-corrected chi connectivity index (χ4v) is 3.71. The van der Waals surface area contributed by atoms with Gasteiger partial charge in [-0.1, -0.05) is 90.4 Å². The number of hydrogen-bond donors (Lipinski definition) is 2. The van der Waals surface area contributed by atoms with Crippen molar-refractivity contribution in [1.29, 1.82) is 0 Å². The van der Waals surface area contributed by atoms with Gasteiger partial charge in [-0.05, 0) is 24.9 Å². The molecule has 0 aromatic rings. The molecule has 1 amide bonds. The lowest BCUT2D eigenvalue weighted by molar-refractivity contribution is -0.141. The summed E-state index contributed by atoms with van der Waals surface area (Å²) in [6.07, 6.45) is 20.9. The molecule has 0 aliphatic heterocycles. The Labute approximate surface area is 171 Å². The summed E-state index contributed by atoms with van der Waals surface area (Å²) in [5, 5.41) is 11.8. The van der Waals surface area contributed by atoms with Gasteiger partial charge in [-0.2, -0.15) is 11.8 Å². The summed E-state index contributed by atoms with van der Waals surface area (Å²) < 4.78 is 0. The zero-order valence-electron chi connectivity index (χ0n) is 17.8. The van der Waals surface area contributed by atoms with Crippen molar-refractivity contribution in [2.45, 2.75) is 116 Å². The van der Waals surface area contributed by atoms with Crippen LogP contribution < -0.4 is 5.32 Å². The Morgan fingerprint density at radius 3 is 1.67 bits per heavy atom. The summed E-state index contributed by atoms with van der Waals surface area (Å²) in [7, 11) is 0. The molecule has 0 unspecified atom stereocenters. The second kappa shape index (κ2) is 20.0. The van der Waals surface area contributed by atoms with Crippen LogP contribution in [0.25, 0.3) is 0 Å². The number of carboxylic acids is 1. The van der Waals surface area contributed by atoms with Crippen molar-refractivity contribution >= 4 is 23.6 Å². The van der Waals surface area contributed by atoms with Gasteiger partial charge in [0.25, 0.3) is 0 Å². The first-order valence-electron chi connectivity index (χ1n) is 11.1. The second-order valence-electron chi connectivity index (χ2n) is 7.59. The Kier molecular flexibility index (Phi) is 19.5. The van der Waals surface area contributed by atoms with E-state index in [4.69, 9.17) is 5.11 Å². The minimum atomic E-state index is -0.932. The van der Waals surface area contributed by atoms with Crippen molar-refractivity contribution < 1.29 is 14.7 Å². The van der Waals surface area contributed by atoms with E-state index in [0.717, 1.165) is 18.6 Å². The van der Waals surface area contributed by atoms with Gasteiger partial charge in [0.05, 0.1) is 0 Å². The number of thioether (sulfide) groups is 1. The zero-order valence-corrected chi connectivity index (χ0v) is 18.6. The Bertz CT molecular complexity index is 363. The topological polar surface area (TPSA) is 66.4 Å². The highest BCUT2D eigenvalue weighted by Crippen LogP contribution is 2.13. The maximum atomic E-state index is 11.9. The lowest BCUT2D eigenvalue weighted by atomic mass is 10.0. The molecule has 0 aliphatic carbocycles. The van der Waals surface area contributed by atoms with Crippen molar-refractivity contribution in [3.05, 3.63) is 0 Å². The van der Waals surface area contributed by atoms with Gasteiger partial charge in [0.1, 0.15) is 6.04 Å². The van der Waals surface area contributed by atoms with E-state index in [2.05, 4.69) is 12.2 Å². The summed E-state index contributed by atoms with van der Waals surface area (Å²) >= 11 is 1.60. The van der Waals surface area contributed by atoms with E-state index in [-0.39, 0.29) is 5.91 Å². The maximum Gasteiger partial charge on any atom is 0.326 e. The SMILES string of the molecule is CCCCCCCCCCCCCCCCC(=O)N[C@@H](CCSC)C(=O)O. The van der Waals surface area contributed by atoms with Gasteiger partial charge in [0, 0.05) is 6.42 Å². The second-order valence-corrected chi connectivity index (χ2v) is 8.57. The molecular weight excluding hydrogens is 358 g/mol. The van der Waals surface area contributed by atoms with Gasteiger partial charge in [0.2, 0.25) is 5.91 Å². The molecule has 0 aromatic heterocycles. The molecule has 0 saturated carbocycles. The maximum absolute atomic E-state index is 11.9. The van der Waals surface area contributed by atoms with Gasteiger partial charge in [-0.3, -0.25) is 4.79 Å². The van der Waals surface area contributed by atoms with Crippen LogP contribution >= 0.6 is 11.8 Å². The molecule has 0 radical (unpaired) electrons. The van der Waals surface area contributed by atoms with E-state index >= 15 is 0 Å². The van der Waals surface area contributed by atoms with Crippen molar-refractivity contribution in [3.8, 4) is 0 Å². The average molecular weight is 402 g/mol. The Morgan fingerprint density at radius 2 is 1.26 bits per heavy atom. The van der Waals surface area contributed by atoms with Crippen LogP contribution in [-0.4, -0.2) is 35.0 Å². The quantitative estimate of drug-likeness (QED) is 0.239. The Hall–Kier alpha value is -0.710. The van der Waals surface area contributed by atoms with Gasteiger partial charge < -0.3 is 10.4 Å². The smallest absolute Gasteiger partial charge is 0.326 e. The van der Waals surface area contributed by atoms with Crippen molar-refractivity contribution in [1.82, 2.24) is 5.32 Å². The first kappa shape index (κ1) is 26.3. The third-order valence-electron chi connectivity index (χ3n) is 5.00. The van der Waals surface area contributed by atoms with E-state index in [9.17, 15) is 9.59 Å². The molecule has 0 aliphatic rings. The highest BCUT2D eigenvalue weighted by atomic mass is 32.2. The number of carbonyl (C=O) groups excluding carboxylic acids is 1. The predicted molar refractivity (Wildman–Crippen MR) is 117 cm³/mol. The van der Waals surface area contributed by atoms with Crippen LogP contribution in [0.15, 0.2) is 0 Å². The molecule has 27 heavy (non-hydrogen) atoms. The summed E-state index contributed by atoms with van der Waals surface area (Å²) in [5.74, 6) is -0.309. The molecule has 0 aromatic carbocycles. The number of amides is 1. The van der Waals surface area contributed by atoms with Crippen molar-refractivity contribution in [2.24, 2.45) is 0 Å². The predicted octanol–water partition coefficient (Wildman–Crippen LogP) is 6.18. The van der Waals surface area contributed by atoms with Crippen LogP contribution in [0.2, 0.25) is 0 Å². The summed E-state index contributed by atoms with van der Waals surface area (Å²) in [6.45, 7) is 2.26. The van der Waals surface area contributed by atoms with Crippen LogP contribution in [0.3, 0.4) is 0 Å². The monoisotopic (exact) mass is 401 g/mol. The molecular formula is C22H43NO3S. The standard InChI is InChI=1S/C22H43NO3S/c1-3-4-5-6-7-8-9-10-11-12-13-14-15-16-17-21(24)23-20(22(25)26)18-19-27-2/h20H,3-19H2,1-2H3,(H,23,24)(H,25,26)/t20-/m0/s1. The number of nitrogens with one attached hydrogen (secondary N) is 1. The van der Waals surface area contributed by atoms with Crippen molar-refractivity contribution in [2.75, 3.05) is 12.0 Å². The summed E-state index contributed by atoms with van der Waals surface area (Å²) in [6, 6.07) is -0.739.